The summed E-state index contributed by atoms with van der Waals surface area (Å²) >= 11 is 0. The molecule has 1 atom stereocenters. The molecule has 0 aromatic heterocycles. The first-order valence-corrected chi connectivity index (χ1v) is 9.96. The number of benzene rings is 3. The lowest BCUT2D eigenvalue weighted by Crippen LogP contribution is -2.30. The molecule has 0 radical (unpaired) electrons. The van der Waals surface area contributed by atoms with Crippen LogP contribution in [0.1, 0.15) is 28.4 Å². The highest BCUT2D eigenvalue weighted by Crippen LogP contribution is 2.25. The van der Waals surface area contributed by atoms with Crippen LogP contribution < -0.4 is 10.1 Å². The number of carbonyl (C=O) groups excluding carboxylic acids is 1. The molecule has 1 N–H and O–H groups in total. The molecule has 1 amide bonds. The first kappa shape index (κ1) is 22.9. The Bertz CT molecular complexity index is 1090. The van der Waals surface area contributed by atoms with Crippen molar-refractivity contribution in [1.29, 1.82) is 5.26 Å². The Balaban J connectivity index is 1.57. The van der Waals surface area contributed by atoms with E-state index >= 15 is 0 Å². The van der Waals surface area contributed by atoms with E-state index in [1.807, 2.05) is 6.07 Å². The summed E-state index contributed by atoms with van der Waals surface area (Å²) in [7, 11) is 1.33. The van der Waals surface area contributed by atoms with Gasteiger partial charge in [-0.05, 0) is 47.5 Å². The van der Waals surface area contributed by atoms with Crippen LogP contribution >= 0.6 is 0 Å². The van der Waals surface area contributed by atoms with Crippen LogP contribution in [0.3, 0.4) is 0 Å². The van der Waals surface area contributed by atoms with Gasteiger partial charge in [0.05, 0.1) is 18.2 Å². The van der Waals surface area contributed by atoms with E-state index in [9.17, 15) is 13.6 Å². The fourth-order valence-corrected chi connectivity index (χ4v) is 3.10. The molecule has 3 aromatic carbocycles. The van der Waals surface area contributed by atoms with Crippen molar-refractivity contribution in [3.05, 3.63) is 101 Å². The Kier molecular flexibility index (Phi) is 7.90. The van der Waals surface area contributed by atoms with Crippen molar-refractivity contribution in [2.45, 2.75) is 19.1 Å². The van der Waals surface area contributed by atoms with Crippen molar-refractivity contribution in [3.8, 4) is 11.8 Å². The number of amides is 1. The summed E-state index contributed by atoms with van der Waals surface area (Å²) in [6, 6.07) is 19.1. The Morgan fingerprint density at radius 3 is 2.34 bits per heavy atom. The molecule has 0 spiro atoms. The van der Waals surface area contributed by atoms with E-state index in [0.717, 1.165) is 11.1 Å². The van der Waals surface area contributed by atoms with Gasteiger partial charge in [-0.25, -0.2) is 8.78 Å². The molecule has 7 heteroatoms. The van der Waals surface area contributed by atoms with Crippen LogP contribution in [0.4, 0.5) is 8.78 Å². The topological polar surface area (TPSA) is 71.3 Å². The molecule has 3 aromatic rings. The highest BCUT2D eigenvalue weighted by atomic mass is 19.1. The van der Waals surface area contributed by atoms with Crippen LogP contribution in [0.25, 0.3) is 0 Å². The van der Waals surface area contributed by atoms with Crippen molar-refractivity contribution in [3.63, 3.8) is 0 Å². The zero-order valence-corrected chi connectivity index (χ0v) is 17.5. The van der Waals surface area contributed by atoms with Gasteiger partial charge in [-0.3, -0.25) is 4.79 Å². The number of ether oxygens (including phenoxy) is 2. The molecular weight excluding hydrogens is 414 g/mol. The second-order valence-corrected chi connectivity index (χ2v) is 7.05. The molecule has 0 aliphatic carbocycles. The first-order valence-electron chi connectivity index (χ1n) is 9.96. The van der Waals surface area contributed by atoms with Crippen molar-refractivity contribution in [1.82, 2.24) is 5.32 Å². The molecule has 0 saturated heterocycles. The molecule has 5 nitrogen and oxygen atoms in total. The van der Waals surface area contributed by atoms with Crippen LogP contribution in [-0.4, -0.2) is 19.6 Å². The summed E-state index contributed by atoms with van der Waals surface area (Å²) in [4.78, 5) is 12.5. The number of nitriles is 1. The first-order chi connectivity index (χ1) is 15.5. The standard InChI is InChI=1S/C25H22F2N2O3/c1-31-24(25(30)29-16-19-4-2-18(15-28)3-5-19)22-11-10-21(14-23(22)27)32-13-12-17-6-8-20(26)9-7-17/h2-11,14,24H,12-13,16H2,1H3,(H,29,30)/t24-/m0/s1. The third-order valence-electron chi connectivity index (χ3n) is 4.85. The molecule has 0 bridgehead atoms. The van der Waals surface area contributed by atoms with Gasteiger partial charge < -0.3 is 14.8 Å². The molecule has 0 saturated carbocycles. The van der Waals surface area contributed by atoms with E-state index in [4.69, 9.17) is 14.7 Å². The summed E-state index contributed by atoms with van der Waals surface area (Å²) in [5.41, 5.74) is 2.33. The lowest BCUT2D eigenvalue weighted by molar-refractivity contribution is -0.131. The summed E-state index contributed by atoms with van der Waals surface area (Å²) < 4.78 is 38.4. The minimum atomic E-state index is -1.12. The number of nitrogens with one attached hydrogen (secondary N) is 1. The maximum atomic E-state index is 14.7. The van der Waals surface area contributed by atoms with Gasteiger partial charge in [0.1, 0.15) is 17.4 Å². The van der Waals surface area contributed by atoms with Crippen molar-refractivity contribution < 1.29 is 23.0 Å². The highest BCUT2D eigenvalue weighted by molar-refractivity contribution is 5.82. The van der Waals surface area contributed by atoms with Gasteiger partial charge in [0.25, 0.3) is 5.91 Å². The smallest absolute Gasteiger partial charge is 0.254 e. The second kappa shape index (κ2) is 11.0. The summed E-state index contributed by atoms with van der Waals surface area (Å²) in [6.45, 7) is 0.514. The Morgan fingerprint density at radius 2 is 1.72 bits per heavy atom. The van der Waals surface area contributed by atoms with E-state index in [-0.39, 0.29) is 17.9 Å². The Morgan fingerprint density at radius 1 is 1.03 bits per heavy atom. The minimum Gasteiger partial charge on any atom is -0.493 e. The number of halogens is 2. The number of methoxy groups -OCH3 is 1. The molecule has 0 aliphatic heterocycles. The molecule has 32 heavy (non-hydrogen) atoms. The van der Waals surface area contributed by atoms with E-state index in [0.29, 0.717) is 24.3 Å². The van der Waals surface area contributed by atoms with E-state index in [1.54, 1.807) is 42.5 Å². The number of rotatable bonds is 9. The molecule has 0 heterocycles. The van der Waals surface area contributed by atoms with Crippen LogP contribution in [0, 0.1) is 23.0 Å². The molecule has 0 fully saturated rings. The van der Waals surface area contributed by atoms with Gasteiger partial charge in [0.2, 0.25) is 0 Å². The molecule has 3 rings (SSSR count). The Labute approximate surface area is 185 Å². The lowest BCUT2D eigenvalue weighted by Gasteiger charge is -2.17. The maximum absolute atomic E-state index is 14.7. The summed E-state index contributed by atoms with van der Waals surface area (Å²) in [6.07, 6.45) is -0.580. The third-order valence-corrected chi connectivity index (χ3v) is 4.85. The number of nitrogens with zero attached hydrogens (tertiary/aromatic N) is 1. The predicted octanol–water partition coefficient (Wildman–Crippen LogP) is 4.46. The SMILES string of the molecule is CO[C@H](C(=O)NCc1ccc(C#N)cc1)c1ccc(OCCc2ccc(F)cc2)cc1F. The fraction of sp³-hybridized carbons (Fsp3) is 0.200. The van der Waals surface area contributed by atoms with Gasteiger partial charge in [0, 0.05) is 31.7 Å². The molecular formula is C25H22F2N2O3. The zero-order chi connectivity index (χ0) is 22.9. The van der Waals surface area contributed by atoms with E-state index in [1.165, 1.54) is 31.4 Å². The van der Waals surface area contributed by atoms with Gasteiger partial charge in [-0.15, -0.1) is 0 Å². The van der Waals surface area contributed by atoms with Gasteiger partial charge in [-0.1, -0.05) is 24.3 Å². The van der Waals surface area contributed by atoms with Gasteiger partial charge in [-0.2, -0.15) is 5.26 Å². The average molecular weight is 436 g/mol. The van der Waals surface area contributed by atoms with Crippen LogP contribution in [0.15, 0.2) is 66.7 Å². The summed E-state index contributed by atoms with van der Waals surface area (Å²) in [5.74, 6) is -1.09. The normalized spacial score (nSPS) is 11.4. The molecule has 0 aliphatic rings. The second-order valence-electron chi connectivity index (χ2n) is 7.05. The number of carbonyl (C=O) groups is 1. The lowest BCUT2D eigenvalue weighted by atomic mass is 10.1. The van der Waals surface area contributed by atoms with Gasteiger partial charge >= 0.3 is 0 Å². The minimum absolute atomic E-state index is 0.0933. The van der Waals surface area contributed by atoms with Crippen LogP contribution in [0.5, 0.6) is 5.75 Å². The van der Waals surface area contributed by atoms with Crippen LogP contribution in [0.2, 0.25) is 0 Å². The highest BCUT2D eigenvalue weighted by Gasteiger charge is 2.23. The predicted molar refractivity (Wildman–Crippen MR) is 115 cm³/mol. The number of hydrogen-bond acceptors (Lipinski definition) is 4. The van der Waals surface area contributed by atoms with E-state index < -0.39 is 17.8 Å². The monoisotopic (exact) mass is 436 g/mol. The molecule has 164 valence electrons. The van der Waals surface area contributed by atoms with Crippen molar-refractivity contribution >= 4 is 5.91 Å². The molecule has 0 unspecified atom stereocenters. The number of hydrogen-bond donors (Lipinski definition) is 1. The van der Waals surface area contributed by atoms with Crippen molar-refractivity contribution in [2.75, 3.05) is 13.7 Å². The Hall–Kier alpha value is -3.76. The quantitative estimate of drug-likeness (QED) is 0.538. The fourth-order valence-electron chi connectivity index (χ4n) is 3.10. The largest absolute Gasteiger partial charge is 0.493 e. The zero-order valence-electron chi connectivity index (χ0n) is 17.5. The van der Waals surface area contributed by atoms with Crippen LogP contribution in [-0.2, 0) is 22.5 Å². The van der Waals surface area contributed by atoms with E-state index in [2.05, 4.69) is 5.32 Å². The van der Waals surface area contributed by atoms with Crippen molar-refractivity contribution in [2.24, 2.45) is 0 Å². The van der Waals surface area contributed by atoms with Gasteiger partial charge in [0.15, 0.2) is 6.10 Å². The third kappa shape index (κ3) is 6.13. The average Bonchev–Trinajstić information content (AvgIpc) is 2.81. The maximum Gasteiger partial charge on any atom is 0.254 e. The summed E-state index contributed by atoms with van der Waals surface area (Å²) in [5, 5.41) is 11.6.